The van der Waals surface area contributed by atoms with Crippen molar-refractivity contribution in [3.8, 4) is 17.6 Å². The Morgan fingerprint density at radius 2 is 1.85 bits per heavy atom. The number of nitrogens with zero attached hydrogens (tertiary/aromatic N) is 2. The van der Waals surface area contributed by atoms with Crippen LogP contribution in [0.1, 0.15) is 49.4 Å². The molecule has 2 N–H and O–H groups in total. The number of alkyl halides is 2. The zero-order valence-electron chi connectivity index (χ0n) is 19.0. The van der Waals surface area contributed by atoms with Crippen LogP contribution < -0.4 is 10.5 Å². The average molecular weight is 457 g/mol. The second kappa shape index (κ2) is 9.57. The summed E-state index contributed by atoms with van der Waals surface area (Å²) in [6.45, 7) is 2.82. The third-order valence-corrected chi connectivity index (χ3v) is 5.43. The first-order chi connectivity index (χ1) is 15.6. The van der Waals surface area contributed by atoms with E-state index in [1.165, 1.54) is 42.3 Å². The number of amides is 1. The topological polar surface area (TPSA) is 67.9 Å². The van der Waals surface area contributed by atoms with Crippen LogP contribution in [0.2, 0.25) is 0 Å². The molecule has 0 unspecified atom stereocenters. The van der Waals surface area contributed by atoms with Gasteiger partial charge in [-0.3, -0.25) is 9.69 Å². The van der Waals surface area contributed by atoms with Crippen molar-refractivity contribution < 1.29 is 22.7 Å². The van der Waals surface area contributed by atoms with E-state index >= 15 is 0 Å². The Bertz CT molecular complexity index is 1150. The highest BCUT2D eigenvalue weighted by atomic mass is 19.3. The van der Waals surface area contributed by atoms with Crippen LogP contribution >= 0.6 is 0 Å². The van der Waals surface area contributed by atoms with E-state index in [1.54, 1.807) is 13.0 Å². The second-order valence-electron chi connectivity index (χ2n) is 8.19. The van der Waals surface area contributed by atoms with Gasteiger partial charge in [0.1, 0.15) is 11.6 Å². The number of carbonyl (C=O) groups excluding carboxylic acids is 1. The van der Waals surface area contributed by atoms with Crippen molar-refractivity contribution in [2.75, 3.05) is 7.05 Å². The number of benzene rings is 2. The molecule has 1 heterocycles. The van der Waals surface area contributed by atoms with E-state index in [2.05, 4.69) is 21.6 Å². The van der Waals surface area contributed by atoms with Gasteiger partial charge in [0.15, 0.2) is 11.5 Å². The molecule has 1 aliphatic rings. The van der Waals surface area contributed by atoms with Gasteiger partial charge in [-0.25, -0.2) is 9.38 Å². The standard InChI is InChI=1S/C25H26F3N3O2/c1-5-16-13-19(10-12-21(16)33-23(27)28)25(22(32)31(4)24(29)30-25)18-9-11-20(26)17(14-18)8-6-7-15(2)3/h9-15,23H,5,7H2,1-4H3,(H2,29,30)/t25-/m0/s1. The lowest BCUT2D eigenvalue weighted by atomic mass is 9.81. The number of carbonyl (C=O) groups is 1. The summed E-state index contributed by atoms with van der Waals surface area (Å²) in [5, 5.41) is 0. The minimum atomic E-state index is -2.98. The summed E-state index contributed by atoms with van der Waals surface area (Å²) in [5.74, 6) is 5.15. The van der Waals surface area contributed by atoms with Crippen molar-refractivity contribution in [1.82, 2.24) is 4.90 Å². The largest absolute Gasteiger partial charge is 0.435 e. The molecule has 2 aromatic carbocycles. The quantitative estimate of drug-likeness (QED) is 0.653. The van der Waals surface area contributed by atoms with E-state index in [1.807, 2.05) is 13.8 Å². The minimum absolute atomic E-state index is 0.0114. The van der Waals surface area contributed by atoms with Gasteiger partial charge >= 0.3 is 6.61 Å². The van der Waals surface area contributed by atoms with Crippen LogP contribution in [0.15, 0.2) is 41.4 Å². The molecular formula is C25H26F3N3O2. The van der Waals surface area contributed by atoms with Gasteiger partial charge in [-0.1, -0.05) is 44.7 Å². The number of rotatable bonds is 6. The third-order valence-electron chi connectivity index (χ3n) is 5.43. The fourth-order valence-corrected chi connectivity index (χ4v) is 3.67. The van der Waals surface area contributed by atoms with Crippen LogP contribution in [0.25, 0.3) is 0 Å². The van der Waals surface area contributed by atoms with E-state index < -0.39 is 23.9 Å². The van der Waals surface area contributed by atoms with Gasteiger partial charge in [-0.05, 0) is 53.3 Å². The van der Waals surface area contributed by atoms with Gasteiger partial charge in [0.05, 0.1) is 5.56 Å². The van der Waals surface area contributed by atoms with Crippen LogP contribution in [0.5, 0.6) is 5.75 Å². The maximum Gasteiger partial charge on any atom is 0.387 e. The monoisotopic (exact) mass is 457 g/mol. The summed E-state index contributed by atoms with van der Waals surface area (Å²) in [5.41, 5.74) is 5.79. The summed E-state index contributed by atoms with van der Waals surface area (Å²) in [4.78, 5) is 19.1. The van der Waals surface area contributed by atoms with Crippen molar-refractivity contribution in [2.45, 2.75) is 45.8 Å². The van der Waals surface area contributed by atoms with Gasteiger partial charge in [-0.2, -0.15) is 8.78 Å². The molecule has 0 aliphatic carbocycles. The van der Waals surface area contributed by atoms with Crippen molar-refractivity contribution in [3.63, 3.8) is 0 Å². The molecule has 33 heavy (non-hydrogen) atoms. The molecule has 0 spiro atoms. The summed E-state index contributed by atoms with van der Waals surface area (Å²) in [6, 6.07) is 8.67. The molecule has 0 aromatic heterocycles. The lowest BCUT2D eigenvalue weighted by molar-refractivity contribution is -0.129. The molecule has 174 valence electrons. The number of hydrogen-bond acceptors (Lipinski definition) is 4. The van der Waals surface area contributed by atoms with Crippen molar-refractivity contribution in [3.05, 3.63) is 64.5 Å². The van der Waals surface area contributed by atoms with E-state index in [-0.39, 0.29) is 17.3 Å². The van der Waals surface area contributed by atoms with Crippen molar-refractivity contribution in [2.24, 2.45) is 16.6 Å². The summed E-state index contributed by atoms with van der Waals surface area (Å²) in [6.07, 6.45) is 0.970. The Labute approximate surface area is 191 Å². The predicted octanol–water partition coefficient (Wildman–Crippen LogP) is 4.42. The summed E-state index contributed by atoms with van der Waals surface area (Å²) in [7, 11) is 1.49. The van der Waals surface area contributed by atoms with Crippen LogP contribution in [0, 0.1) is 23.6 Å². The molecule has 0 fully saturated rings. The fourth-order valence-electron chi connectivity index (χ4n) is 3.67. The number of ether oxygens (including phenoxy) is 1. The van der Waals surface area contributed by atoms with Gasteiger partial charge in [0.25, 0.3) is 5.91 Å². The molecule has 5 nitrogen and oxygen atoms in total. The van der Waals surface area contributed by atoms with E-state index in [0.29, 0.717) is 35.4 Å². The number of hydrogen-bond donors (Lipinski definition) is 1. The predicted molar refractivity (Wildman–Crippen MR) is 120 cm³/mol. The number of guanidine groups is 1. The first-order valence-corrected chi connectivity index (χ1v) is 10.6. The van der Waals surface area contributed by atoms with E-state index in [9.17, 15) is 18.0 Å². The first-order valence-electron chi connectivity index (χ1n) is 10.6. The summed E-state index contributed by atoms with van der Waals surface area (Å²) < 4.78 is 44.7. The highest BCUT2D eigenvalue weighted by Gasteiger charge is 2.50. The zero-order chi connectivity index (χ0) is 24.3. The number of nitrogens with two attached hydrogens (primary N) is 1. The molecule has 0 saturated heterocycles. The molecule has 0 saturated carbocycles. The van der Waals surface area contributed by atoms with E-state index in [4.69, 9.17) is 5.73 Å². The fraction of sp³-hybridized carbons (Fsp3) is 0.360. The van der Waals surface area contributed by atoms with Gasteiger partial charge < -0.3 is 10.5 Å². The van der Waals surface area contributed by atoms with Crippen LogP contribution in [0.3, 0.4) is 0 Å². The first kappa shape index (κ1) is 24.2. The normalized spacial score (nSPS) is 17.9. The molecule has 0 radical (unpaired) electrons. The zero-order valence-corrected chi connectivity index (χ0v) is 19.0. The minimum Gasteiger partial charge on any atom is -0.435 e. The third kappa shape index (κ3) is 4.68. The second-order valence-corrected chi connectivity index (χ2v) is 8.19. The Hall–Kier alpha value is -3.47. The maximum atomic E-state index is 14.5. The molecule has 1 atom stereocenters. The molecule has 0 bridgehead atoms. The van der Waals surface area contributed by atoms with Crippen LogP contribution in [-0.2, 0) is 16.8 Å². The van der Waals surface area contributed by atoms with Crippen molar-refractivity contribution in [1.29, 1.82) is 0 Å². The van der Waals surface area contributed by atoms with Gasteiger partial charge in [0.2, 0.25) is 0 Å². The van der Waals surface area contributed by atoms with Crippen LogP contribution in [0.4, 0.5) is 13.2 Å². The number of aliphatic imine (C=N–C) groups is 1. The van der Waals surface area contributed by atoms with E-state index in [0.717, 1.165) is 0 Å². The van der Waals surface area contributed by atoms with Crippen LogP contribution in [-0.4, -0.2) is 30.4 Å². The number of halogens is 3. The molecule has 1 amide bonds. The Morgan fingerprint density at radius 3 is 2.42 bits per heavy atom. The summed E-state index contributed by atoms with van der Waals surface area (Å²) >= 11 is 0. The smallest absolute Gasteiger partial charge is 0.387 e. The lowest BCUT2D eigenvalue weighted by Crippen LogP contribution is -2.41. The molecule has 2 aromatic rings. The SMILES string of the molecule is CCc1cc([C@]2(c3ccc(F)c(C#CCC(C)C)c3)N=C(N)N(C)C2=O)ccc1OC(F)F. The molecule has 3 rings (SSSR count). The average Bonchev–Trinajstić information content (AvgIpc) is 2.99. The Kier molecular flexibility index (Phi) is 7.01. The Balaban J connectivity index is 2.21. The molecule has 1 aliphatic heterocycles. The number of likely N-dealkylation sites (N-methyl/N-ethyl adjacent to an activating group) is 1. The van der Waals surface area contributed by atoms with Gasteiger partial charge in [0, 0.05) is 13.5 Å². The lowest BCUT2D eigenvalue weighted by Gasteiger charge is -2.27. The highest BCUT2D eigenvalue weighted by Crippen LogP contribution is 2.41. The molecule has 8 heteroatoms. The van der Waals surface area contributed by atoms with Gasteiger partial charge in [-0.15, -0.1) is 0 Å². The Morgan fingerprint density at radius 1 is 1.18 bits per heavy atom. The highest BCUT2D eigenvalue weighted by molar-refractivity contribution is 6.09. The number of aryl methyl sites for hydroxylation is 1. The van der Waals surface area contributed by atoms with Crippen molar-refractivity contribution >= 4 is 11.9 Å². The molecular weight excluding hydrogens is 431 g/mol. The maximum absolute atomic E-state index is 14.5.